The van der Waals surface area contributed by atoms with Gasteiger partial charge in [0.15, 0.2) is 0 Å². The zero-order valence-corrected chi connectivity index (χ0v) is 10.8. The molecule has 2 heterocycles. The van der Waals surface area contributed by atoms with Crippen LogP contribution in [0.15, 0.2) is 18.3 Å². The van der Waals surface area contributed by atoms with E-state index in [1.54, 1.807) is 0 Å². The Bertz CT molecular complexity index is 341. The van der Waals surface area contributed by atoms with Crippen LogP contribution in [0.2, 0.25) is 0 Å². The molecule has 0 aromatic carbocycles. The summed E-state index contributed by atoms with van der Waals surface area (Å²) in [7, 11) is 4.33. The van der Waals surface area contributed by atoms with Crippen LogP contribution in [0.5, 0.6) is 0 Å². The van der Waals surface area contributed by atoms with E-state index in [1.165, 1.54) is 25.9 Å². The number of hydrogen-bond donors (Lipinski definition) is 1. The summed E-state index contributed by atoms with van der Waals surface area (Å²) < 4.78 is 0. The van der Waals surface area contributed by atoms with E-state index >= 15 is 0 Å². The lowest BCUT2D eigenvalue weighted by molar-refractivity contribution is 0.222. The lowest BCUT2D eigenvalue weighted by Crippen LogP contribution is -2.35. The smallest absolute Gasteiger partial charge is 0.123 e. The van der Waals surface area contributed by atoms with Crippen LogP contribution in [0.25, 0.3) is 0 Å². The van der Waals surface area contributed by atoms with Gasteiger partial charge in [0.1, 0.15) is 5.82 Å². The first-order chi connectivity index (χ1) is 8.15. The number of aromatic nitrogens is 1. The van der Waals surface area contributed by atoms with Gasteiger partial charge in [-0.25, -0.2) is 4.98 Å². The monoisotopic (exact) mass is 234 g/mol. The molecule has 1 fully saturated rings. The summed E-state index contributed by atoms with van der Waals surface area (Å²) >= 11 is 0. The van der Waals surface area contributed by atoms with Gasteiger partial charge in [0.05, 0.1) is 11.9 Å². The quantitative estimate of drug-likeness (QED) is 0.859. The number of nitrogens with zero attached hydrogens (tertiary/aromatic N) is 3. The maximum atomic E-state index is 5.59. The average molecular weight is 234 g/mol. The van der Waals surface area contributed by atoms with Gasteiger partial charge in [0, 0.05) is 13.6 Å². The molecule has 1 saturated heterocycles. The standard InChI is InChI=1S/C13H22N4/c1-16-7-5-11(6-8-16)10-17(2)12-3-4-13(14)15-9-12/h3-4,9,11H,5-8,10H2,1-2H3,(H2,14,15). The molecule has 1 aliphatic heterocycles. The average Bonchev–Trinajstić information content (AvgIpc) is 2.33. The van der Waals surface area contributed by atoms with E-state index in [4.69, 9.17) is 5.73 Å². The SMILES string of the molecule is CN1CCC(CN(C)c2ccc(N)nc2)CC1. The lowest BCUT2D eigenvalue weighted by Gasteiger charge is -2.32. The predicted octanol–water partition coefficient (Wildman–Crippen LogP) is 1.44. The van der Waals surface area contributed by atoms with Crippen LogP contribution in [0.1, 0.15) is 12.8 Å². The van der Waals surface area contributed by atoms with Crippen LogP contribution >= 0.6 is 0 Å². The van der Waals surface area contributed by atoms with Crippen molar-refractivity contribution in [2.45, 2.75) is 12.8 Å². The predicted molar refractivity (Wildman–Crippen MR) is 72.1 cm³/mol. The Morgan fingerprint density at radius 2 is 2.12 bits per heavy atom. The number of hydrogen-bond acceptors (Lipinski definition) is 4. The van der Waals surface area contributed by atoms with Crippen LogP contribution < -0.4 is 10.6 Å². The third kappa shape index (κ3) is 3.33. The highest BCUT2D eigenvalue weighted by Crippen LogP contribution is 2.20. The Balaban J connectivity index is 1.88. The molecule has 4 nitrogen and oxygen atoms in total. The molecule has 0 saturated carbocycles. The summed E-state index contributed by atoms with van der Waals surface area (Å²) in [4.78, 5) is 8.82. The molecule has 0 aliphatic carbocycles. The second kappa shape index (κ2) is 5.36. The number of nitrogen functional groups attached to an aromatic ring is 1. The first kappa shape index (κ1) is 12.2. The van der Waals surface area contributed by atoms with Crippen molar-refractivity contribution in [3.05, 3.63) is 18.3 Å². The van der Waals surface area contributed by atoms with E-state index in [2.05, 4.69) is 28.9 Å². The minimum Gasteiger partial charge on any atom is -0.384 e. The van der Waals surface area contributed by atoms with Crippen molar-refractivity contribution in [2.24, 2.45) is 5.92 Å². The van der Waals surface area contributed by atoms with Crippen LogP contribution in [0.3, 0.4) is 0 Å². The number of likely N-dealkylation sites (tertiary alicyclic amines) is 1. The van der Waals surface area contributed by atoms with Crippen LogP contribution in [-0.2, 0) is 0 Å². The summed E-state index contributed by atoms with van der Waals surface area (Å²) in [5.41, 5.74) is 6.74. The normalized spacial score (nSPS) is 18.2. The summed E-state index contributed by atoms with van der Waals surface area (Å²) in [6, 6.07) is 3.90. The van der Waals surface area contributed by atoms with Gasteiger partial charge in [-0.15, -0.1) is 0 Å². The maximum absolute atomic E-state index is 5.59. The molecule has 17 heavy (non-hydrogen) atoms. The van der Waals surface area contributed by atoms with Crippen LogP contribution in [0.4, 0.5) is 11.5 Å². The molecule has 1 aromatic heterocycles. The minimum absolute atomic E-state index is 0.585. The number of rotatable bonds is 3. The fourth-order valence-corrected chi connectivity index (χ4v) is 2.36. The highest BCUT2D eigenvalue weighted by molar-refractivity contribution is 5.47. The molecule has 4 heteroatoms. The highest BCUT2D eigenvalue weighted by atomic mass is 15.1. The Labute approximate surface area is 103 Å². The molecule has 0 radical (unpaired) electrons. The Morgan fingerprint density at radius 3 is 2.71 bits per heavy atom. The van der Waals surface area contributed by atoms with E-state index in [1.807, 2.05) is 18.3 Å². The molecule has 1 aliphatic rings. The fraction of sp³-hybridized carbons (Fsp3) is 0.615. The molecular weight excluding hydrogens is 212 g/mol. The Morgan fingerprint density at radius 1 is 1.41 bits per heavy atom. The molecule has 0 amide bonds. The third-order valence-corrected chi connectivity index (χ3v) is 3.58. The summed E-state index contributed by atoms with van der Waals surface area (Å²) in [6.45, 7) is 3.55. The van der Waals surface area contributed by atoms with E-state index in [0.29, 0.717) is 5.82 Å². The van der Waals surface area contributed by atoms with Gasteiger partial charge in [-0.3, -0.25) is 0 Å². The number of anilines is 2. The van der Waals surface area contributed by atoms with Crippen molar-refractivity contribution in [2.75, 3.05) is 44.4 Å². The molecular formula is C13H22N4. The van der Waals surface area contributed by atoms with E-state index in [9.17, 15) is 0 Å². The van der Waals surface area contributed by atoms with Gasteiger partial charge in [0.25, 0.3) is 0 Å². The zero-order chi connectivity index (χ0) is 12.3. The first-order valence-corrected chi connectivity index (χ1v) is 6.26. The second-order valence-corrected chi connectivity index (χ2v) is 5.07. The van der Waals surface area contributed by atoms with Gasteiger partial charge in [-0.2, -0.15) is 0 Å². The molecule has 0 atom stereocenters. The number of pyridine rings is 1. The van der Waals surface area contributed by atoms with E-state index in [0.717, 1.165) is 18.2 Å². The van der Waals surface area contributed by atoms with Crippen molar-refractivity contribution in [1.82, 2.24) is 9.88 Å². The minimum atomic E-state index is 0.585. The van der Waals surface area contributed by atoms with Gasteiger partial charge >= 0.3 is 0 Å². The number of nitrogens with two attached hydrogens (primary N) is 1. The van der Waals surface area contributed by atoms with Crippen LogP contribution in [0, 0.1) is 5.92 Å². The highest BCUT2D eigenvalue weighted by Gasteiger charge is 2.18. The number of piperidine rings is 1. The Kier molecular flexibility index (Phi) is 3.84. The second-order valence-electron chi connectivity index (χ2n) is 5.07. The molecule has 0 unspecified atom stereocenters. The topological polar surface area (TPSA) is 45.4 Å². The molecule has 1 aromatic rings. The largest absolute Gasteiger partial charge is 0.384 e. The zero-order valence-electron chi connectivity index (χ0n) is 10.8. The summed E-state index contributed by atoms with van der Waals surface area (Å²) in [5.74, 6) is 1.38. The van der Waals surface area contributed by atoms with Gasteiger partial charge in [-0.05, 0) is 51.0 Å². The van der Waals surface area contributed by atoms with Crippen LogP contribution in [-0.4, -0.2) is 43.6 Å². The van der Waals surface area contributed by atoms with Crippen molar-refractivity contribution in [1.29, 1.82) is 0 Å². The molecule has 94 valence electrons. The third-order valence-electron chi connectivity index (χ3n) is 3.58. The van der Waals surface area contributed by atoms with Gasteiger partial charge in [0.2, 0.25) is 0 Å². The molecule has 2 N–H and O–H groups in total. The van der Waals surface area contributed by atoms with E-state index < -0.39 is 0 Å². The molecule has 2 rings (SSSR count). The van der Waals surface area contributed by atoms with Crippen molar-refractivity contribution in [3.8, 4) is 0 Å². The van der Waals surface area contributed by atoms with Crippen molar-refractivity contribution < 1.29 is 0 Å². The van der Waals surface area contributed by atoms with Gasteiger partial charge in [-0.1, -0.05) is 0 Å². The van der Waals surface area contributed by atoms with Crippen molar-refractivity contribution >= 4 is 11.5 Å². The lowest BCUT2D eigenvalue weighted by atomic mass is 9.96. The van der Waals surface area contributed by atoms with E-state index in [-0.39, 0.29) is 0 Å². The summed E-state index contributed by atoms with van der Waals surface area (Å²) in [5, 5.41) is 0. The molecule has 0 bridgehead atoms. The Hall–Kier alpha value is -1.29. The van der Waals surface area contributed by atoms with Gasteiger partial charge < -0.3 is 15.5 Å². The first-order valence-electron chi connectivity index (χ1n) is 6.26. The molecule has 0 spiro atoms. The fourth-order valence-electron chi connectivity index (χ4n) is 2.36. The summed E-state index contributed by atoms with van der Waals surface area (Å²) in [6.07, 6.45) is 4.44. The van der Waals surface area contributed by atoms with Crippen molar-refractivity contribution in [3.63, 3.8) is 0 Å². The maximum Gasteiger partial charge on any atom is 0.123 e.